The van der Waals surface area contributed by atoms with E-state index in [9.17, 15) is 0 Å². The lowest BCUT2D eigenvalue weighted by Gasteiger charge is -2.50. The lowest BCUT2D eigenvalue weighted by molar-refractivity contribution is 0.316. The van der Waals surface area contributed by atoms with Gasteiger partial charge in [-0.1, -0.05) is 157 Å². The Labute approximate surface area is 290 Å². The zero-order valence-electron chi connectivity index (χ0n) is 26.8. The molecule has 1 aromatic heterocycles. The second kappa shape index (κ2) is 13.5. The maximum atomic E-state index is 6.53. The number of hydrogen-bond acceptors (Lipinski definition) is 5. The highest BCUT2D eigenvalue weighted by atomic mass is 32.1. The monoisotopic (exact) mass is 654 g/mol. The second-order valence-corrected chi connectivity index (χ2v) is 13.3. The number of nitrogens with zero attached hydrogens (tertiary/aromatic N) is 1. The van der Waals surface area contributed by atoms with Crippen molar-refractivity contribution in [2.75, 3.05) is 0 Å². The Kier molecular flexibility index (Phi) is 8.52. The molecule has 1 aliphatic heterocycles. The molecule has 7 aromatic rings. The molecule has 2 atom stereocenters. The fourth-order valence-corrected chi connectivity index (χ4v) is 7.72. The standard InChI is InChI=1S/C43H36N5S/c44-37(29-12-4-1-5-13-29)24-25-38(45)30-22-20-28(21-23-30)35-26-33(27-36-34-18-10-11-19-39(34)49-40(35)36)43-47-41(31-14-6-2-7-15-31)46-42(48-43)32-16-8-3-9-17-32/h1-27,41-43,47-48H,44-45H2/q-1/b37-24-,38-25-. The van der Waals surface area contributed by atoms with E-state index in [-0.39, 0.29) is 18.5 Å². The van der Waals surface area contributed by atoms with Crippen molar-refractivity contribution in [3.63, 3.8) is 0 Å². The number of nitrogens with one attached hydrogen (secondary N) is 2. The molecule has 6 N–H and O–H groups in total. The predicted octanol–water partition coefficient (Wildman–Crippen LogP) is 9.98. The van der Waals surface area contributed by atoms with Crippen molar-refractivity contribution in [1.29, 1.82) is 0 Å². The van der Waals surface area contributed by atoms with E-state index in [1.165, 1.54) is 25.7 Å². The number of hydrogen-bond donors (Lipinski definition) is 4. The van der Waals surface area contributed by atoms with Crippen LogP contribution in [0.1, 0.15) is 46.3 Å². The van der Waals surface area contributed by atoms with Crippen LogP contribution in [0.4, 0.5) is 0 Å². The third kappa shape index (κ3) is 6.38. The van der Waals surface area contributed by atoms with Gasteiger partial charge in [-0.15, -0.1) is 11.3 Å². The topological polar surface area (TPSA) is 90.2 Å². The van der Waals surface area contributed by atoms with Gasteiger partial charge in [-0.2, -0.15) is 0 Å². The molecule has 0 bridgehead atoms. The summed E-state index contributed by atoms with van der Waals surface area (Å²) in [5.41, 5.74) is 21.8. The van der Waals surface area contributed by atoms with Crippen LogP contribution >= 0.6 is 11.3 Å². The molecule has 0 aliphatic carbocycles. The molecule has 2 unspecified atom stereocenters. The van der Waals surface area contributed by atoms with E-state index >= 15 is 0 Å². The van der Waals surface area contributed by atoms with Crippen molar-refractivity contribution in [2.24, 2.45) is 11.5 Å². The van der Waals surface area contributed by atoms with Gasteiger partial charge in [0, 0.05) is 31.6 Å². The molecule has 2 heterocycles. The van der Waals surface area contributed by atoms with Crippen LogP contribution in [0.15, 0.2) is 164 Å². The number of allylic oxidation sites excluding steroid dienone is 2. The summed E-state index contributed by atoms with van der Waals surface area (Å²) in [5, 5.41) is 15.3. The van der Waals surface area contributed by atoms with Crippen molar-refractivity contribution in [1.82, 2.24) is 10.6 Å². The Hall–Kier alpha value is -5.50. The Balaban J connectivity index is 1.19. The van der Waals surface area contributed by atoms with Gasteiger partial charge in [0.15, 0.2) is 0 Å². The molecule has 0 radical (unpaired) electrons. The smallest absolute Gasteiger partial charge is 0.0815 e. The molecular weight excluding hydrogens is 619 g/mol. The van der Waals surface area contributed by atoms with Gasteiger partial charge in [-0.05, 0) is 58.2 Å². The maximum Gasteiger partial charge on any atom is 0.0815 e. The van der Waals surface area contributed by atoms with Crippen molar-refractivity contribution in [3.8, 4) is 11.1 Å². The van der Waals surface area contributed by atoms with Crippen molar-refractivity contribution >= 4 is 42.9 Å². The summed E-state index contributed by atoms with van der Waals surface area (Å²) in [5.74, 6) is 0. The summed E-state index contributed by atoms with van der Waals surface area (Å²) in [6.07, 6.45) is 3.25. The van der Waals surface area contributed by atoms with Crippen molar-refractivity contribution in [3.05, 3.63) is 197 Å². The van der Waals surface area contributed by atoms with E-state index in [0.29, 0.717) is 11.4 Å². The SMILES string of the molecule is N/C(=C\C=C(/N)c1ccc(-c2cc(C3NC(c4ccccc4)[N-]C(c4ccccc4)N3)cc3c2sc2ccccc23)cc1)c1ccccc1. The van der Waals surface area contributed by atoms with Crippen LogP contribution in [0.5, 0.6) is 0 Å². The van der Waals surface area contributed by atoms with Crippen LogP contribution in [0.3, 0.4) is 0 Å². The fraction of sp³-hybridized carbons (Fsp3) is 0.0698. The van der Waals surface area contributed by atoms with Gasteiger partial charge in [0.05, 0.1) is 6.17 Å². The molecule has 8 rings (SSSR count). The number of nitrogens with two attached hydrogens (primary N) is 2. The Morgan fingerprint density at radius 2 is 1.08 bits per heavy atom. The molecule has 5 nitrogen and oxygen atoms in total. The third-order valence-corrected chi connectivity index (χ3v) is 10.3. The van der Waals surface area contributed by atoms with Gasteiger partial charge in [0.2, 0.25) is 0 Å². The minimum Gasteiger partial charge on any atom is -0.624 e. The molecule has 0 amide bonds. The first-order valence-corrected chi connectivity index (χ1v) is 17.3. The zero-order chi connectivity index (χ0) is 33.2. The summed E-state index contributed by atoms with van der Waals surface area (Å²) in [4.78, 5) is 0. The summed E-state index contributed by atoms with van der Waals surface area (Å²) in [6.45, 7) is 0. The third-order valence-electron chi connectivity index (χ3n) is 9.09. The quantitative estimate of drug-likeness (QED) is 0.129. The fourth-order valence-electron chi connectivity index (χ4n) is 6.50. The largest absolute Gasteiger partial charge is 0.624 e. The van der Waals surface area contributed by atoms with Crippen LogP contribution in [0, 0.1) is 0 Å². The normalized spacial score (nSPS) is 18.6. The van der Waals surface area contributed by atoms with Crippen LogP contribution < -0.4 is 22.1 Å². The number of rotatable bonds is 7. The average Bonchev–Trinajstić information content (AvgIpc) is 3.56. The van der Waals surface area contributed by atoms with Crippen LogP contribution in [0.25, 0.3) is 48.0 Å². The summed E-state index contributed by atoms with van der Waals surface area (Å²) >= 11 is 1.84. The van der Waals surface area contributed by atoms with E-state index < -0.39 is 0 Å². The molecule has 1 saturated heterocycles. The number of benzene rings is 6. The van der Waals surface area contributed by atoms with Gasteiger partial charge in [-0.25, -0.2) is 0 Å². The molecule has 6 heteroatoms. The lowest BCUT2D eigenvalue weighted by atomic mass is 9.96. The lowest BCUT2D eigenvalue weighted by Crippen LogP contribution is -2.44. The average molecular weight is 655 g/mol. The molecule has 240 valence electrons. The van der Waals surface area contributed by atoms with Gasteiger partial charge in [0.25, 0.3) is 0 Å². The molecular formula is C43H36N5S-. The first-order chi connectivity index (χ1) is 24.1. The predicted molar refractivity (Wildman–Crippen MR) is 206 cm³/mol. The molecule has 0 saturated carbocycles. The van der Waals surface area contributed by atoms with Crippen LogP contribution in [-0.2, 0) is 0 Å². The summed E-state index contributed by atoms with van der Waals surface area (Å²) < 4.78 is 2.53. The number of thiophene rings is 1. The second-order valence-electron chi connectivity index (χ2n) is 12.3. The van der Waals surface area contributed by atoms with Crippen LogP contribution in [0.2, 0.25) is 0 Å². The Morgan fingerprint density at radius 3 is 1.69 bits per heavy atom. The van der Waals surface area contributed by atoms with Crippen molar-refractivity contribution < 1.29 is 0 Å². The summed E-state index contributed by atoms with van der Waals surface area (Å²) in [7, 11) is 0. The first kappa shape index (κ1) is 30.8. The van der Waals surface area contributed by atoms with Gasteiger partial charge in [0.1, 0.15) is 0 Å². The van der Waals surface area contributed by atoms with Gasteiger partial charge >= 0.3 is 0 Å². The van der Waals surface area contributed by atoms with E-state index in [2.05, 4.69) is 120 Å². The van der Waals surface area contributed by atoms with Gasteiger partial charge < -0.3 is 27.4 Å². The minimum absolute atomic E-state index is 0.144. The molecule has 1 aliphatic rings. The van der Waals surface area contributed by atoms with E-state index in [1.807, 2.05) is 66.0 Å². The highest BCUT2D eigenvalue weighted by molar-refractivity contribution is 7.26. The molecule has 0 spiro atoms. The molecule has 6 aromatic carbocycles. The minimum atomic E-state index is -0.171. The highest BCUT2D eigenvalue weighted by Crippen LogP contribution is 2.43. The van der Waals surface area contributed by atoms with Gasteiger partial charge in [-0.3, -0.25) is 0 Å². The van der Waals surface area contributed by atoms with E-state index in [1.54, 1.807) is 0 Å². The Morgan fingerprint density at radius 1 is 0.551 bits per heavy atom. The molecule has 49 heavy (non-hydrogen) atoms. The number of fused-ring (bicyclic) bond motifs is 3. The first-order valence-electron chi connectivity index (χ1n) is 16.5. The van der Waals surface area contributed by atoms with E-state index in [0.717, 1.165) is 33.4 Å². The van der Waals surface area contributed by atoms with E-state index in [4.69, 9.17) is 16.8 Å². The molecule has 1 fully saturated rings. The van der Waals surface area contributed by atoms with Crippen molar-refractivity contribution in [2.45, 2.75) is 18.5 Å². The van der Waals surface area contributed by atoms with Crippen LogP contribution in [-0.4, -0.2) is 0 Å². The maximum absolute atomic E-state index is 6.53. The Bertz CT molecular complexity index is 2230. The highest BCUT2D eigenvalue weighted by Gasteiger charge is 2.24. The summed E-state index contributed by atoms with van der Waals surface area (Å²) in [6, 6.07) is 52.7. The zero-order valence-corrected chi connectivity index (χ0v) is 27.6.